The summed E-state index contributed by atoms with van der Waals surface area (Å²) in [5.74, 6) is -1.01. The summed E-state index contributed by atoms with van der Waals surface area (Å²) in [5, 5.41) is 0. The minimum atomic E-state index is -0.826. The van der Waals surface area contributed by atoms with Crippen molar-refractivity contribution in [1.82, 2.24) is 0 Å². The molecule has 69 heavy (non-hydrogen) atoms. The Hall–Kier alpha value is -4.97. The molecule has 6 nitrogen and oxygen atoms in total. The molecule has 0 aromatic heterocycles. The zero-order valence-electron chi connectivity index (χ0n) is 43.8. The van der Waals surface area contributed by atoms with Gasteiger partial charge in [0.1, 0.15) is 13.2 Å². The first-order valence-electron chi connectivity index (χ1n) is 27.1. The molecule has 6 heteroatoms. The SMILES string of the molecule is CC\C=C/C=C\C=C/C=C\C=C\C=C/CCCCCC(=O)OC(COC(=O)CCCCCCC\C=C/C=C\C=C/C=C\CCCCC)COC(=O)CCCCCCCC/C=C\C/C=C\C/C=C\CC. The number of esters is 3. The van der Waals surface area contributed by atoms with Crippen molar-refractivity contribution in [3.63, 3.8) is 0 Å². The van der Waals surface area contributed by atoms with Crippen LogP contribution in [0.5, 0.6) is 0 Å². The van der Waals surface area contributed by atoms with Gasteiger partial charge in [-0.25, -0.2) is 0 Å². The van der Waals surface area contributed by atoms with Crippen LogP contribution >= 0.6 is 0 Å². The summed E-state index contributed by atoms with van der Waals surface area (Å²) in [6.07, 6.45) is 80.7. The molecule has 1 unspecified atom stereocenters. The van der Waals surface area contributed by atoms with E-state index in [1.807, 2.05) is 60.8 Å². The van der Waals surface area contributed by atoms with Crippen LogP contribution in [0.2, 0.25) is 0 Å². The maximum atomic E-state index is 12.8. The third kappa shape index (κ3) is 53.8. The molecule has 384 valence electrons. The summed E-state index contributed by atoms with van der Waals surface area (Å²) in [6, 6.07) is 0. The van der Waals surface area contributed by atoms with Crippen LogP contribution in [0, 0.1) is 0 Å². The van der Waals surface area contributed by atoms with Crippen molar-refractivity contribution >= 4 is 17.9 Å². The van der Waals surface area contributed by atoms with Crippen LogP contribution in [-0.2, 0) is 28.6 Å². The van der Waals surface area contributed by atoms with Crippen molar-refractivity contribution < 1.29 is 28.6 Å². The lowest BCUT2D eigenvalue weighted by atomic mass is 10.1. The van der Waals surface area contributed by atoms with Gasteiger partial charge in [-0.05, 0) is 96.3 Å². The van der Waals surface area contributed by atoms with Crippen molar-refractivity contribution in [2.45, 2.75) is 207 Å². The highest BCUT2D eigenvalue weighted by Gasteiger charge is 2.19. The van der Waals surface area contributed by atoms with E-state index in [-0.39, 0.29) is 37.5 Å². The molecule has 0 N–H and O–H groups in total. The lowest BCUT2D eigenvalue weighted by Gasteiger charge is -2.18. The van der Waals surface area contributed by atoms with Crippen molar-refractivity contribution in [3.8, 4) is 0 Å². The monoisotopic (exact) mass is 949 g/mol. The summed E-state index contributed by atoms with van der Waals surface area (Å²) in [5.41, 5.74) is 0. The van der Waals surface area contributed by atoms with Gasteiger partial charge in [0.25, 0.3) is 0 Å². The molecule has 0 fully saturated rings. The fourth-order valence-corrected chi connectivity index (χ4v) is 6.73. The standard InChI is InChI=1S/C63H96O6/c1-4-7-10-13-16-19-22-25-28-31-33-35-38-41-44-47-50-53-56-62(65)68-59-60(58-67-61(64)55-52-49-46-43-40-37-34-30-27-24-21-18-15-12-9-6-3)69-63(66)57-54-51-48-45-42-39-36-32-29-26-23-20-17-14-11-8-5-2/h8-9,11-12,14,16-23,25-33,35-36,39,42,60H,4-7,10,13,15,24,34,37-38,40-41,43-59H2,1-3H3/b11-8-,12-9-,17-14-,19-16-,21-18-,23-20-,25-22-,29-26-,30-27-,31-28-,35-33-,36-32+,42-39-. The molecule has 0 aromatic carbocycles. The summed E-state index contributed by atoms with van der Waals surface area (Å²) in [6.45, 7) is 6.25. The van der Waals surface area contributed by atoms with Gasteiger partial charge in [0.2, 0.25) is 0 Å². The Morgan fingerprint density at radius 1 is 0.319 bits per heavy atom. The molecule has 0 amide bonds. The van der Waals surface area contributed by atoms with E-state index in [0.717, 1.165) is 122 Å². The van der Waals surface area contributed by atoms with Crippen LogP contribution in [-0.4, -0.2) is 37.2 Å². The first-order chi connectivity index (χ1) is 34.0. The fourth-order valence-electron chi connectivity index (χ4n) is 6.73. The number of ether oxygens (including phenoxy) is 3. The van der Waals surface area contributed by atoms with E-state index in [4.69, 9.17) is 14.2 Å². The largest absolute Gasteiger partial charge is 0.462 e. The Labute approximate surface area is 422 Å². The number of allylic oxidation sites excluding steroid dienone is 26. The van der Waals surface area contributed by atoms with E-state index < -0.39 is 6.10 Å². The van der Waals surface area contributed by atoms with E-state index in [1.165, 1.54) is 32.1 Å². The summed E-state index contributed by atoms with van der Waals surface area (Å²) >= 11 is 0. The van der Waals surface area contributed by atoms with Crippen molar-refractivity contribution in [2.24, 2.45) is 0 Å². The maximum absolute atomic E-state index is 12.8. The highest BCUT2D eigenvalue weighted by Crippen LogP contribution is 2.13. The molecule has 0 aliphatic carbocycles. The van der Waals surface area contributed by atoms with Gasteiger partial charge in [-0.15, -0.1) is 0 Å². The molecular formula is C63H96O6. The molecular weight excluding hydrogens is 853 g/mol. The average Bonchev–Trinajstić information content (AvgIpc) is 3.35. The van der Waals surface area contributed by atoms with Crippen LogP contribution in [0.4, 0.5) is 0 Å². The van der Waals surface area contributed by atoms with Crippen LogP contribution in [0.25, 0.3) is 0 Å². The van der Waals surface area contributed by atoms with E-state index in [0.29, 0.717) is 19.3 Å². The van der Waals surface area contributed by atoms with Gasteiger partial charge in [0.05, 0.1) is 0 Å². The molecule has 0 saturated heterocycles. The van der Waals surface area contributed by atoms with Gasteiger partial charge < -0.3 is 14.2 Å². The zero-order chi connectivity index (χ0) is 50.0. The minimum Gasteiger partial charge on any atom is -0.462 e. The molecule has 0 aliphatic rings. The van der Waals surface area contributed by atoms with Gasteiger partial charge in [-0.3, -0.25) is 14.4 Å². The second-order valence-corrected chi connectivity index (χ2v) is 17.3. The Morgan fingerprint density at radius 3 is 1.07 bits per heavy atom. The molecule has 0 aromatic rings. The number of carbonyl (C=O) groups is 3. The van der Waals surface area contributed by atoms with Crippen LogP contribution in [0.1, 0.15) is 201 Å². The van der Waals surface area contributed by atoms with Crippen LogP contribution in [0.15, 0.2) is 158 Å². The number of hydrogen-bond acceptors (Lipinski definition) is 6. The smallest absolute Gasteiger partial charge is 0.306 e. The third-order valence-corrected chi connectivity index (χ3v) is 10.8. The molecule has 0 spiro atoms. The lowest BCUT2D eigenvalue weighted by Crippen LogP contribution is -2.30. The summed E-state index contributed by atoms with van der Waals surface area (Å²) in [4.78, 5) is 38.1. The highest BCUT2D eigenvalue weighted by molar-refractivity contribution is 5.71. The van der Waals surface area contributed by atoms with Crippen LogP contribution in [0.3, 0.4) is 0 Å². The normalized spacial score (nSPS) is 13.4. The number of unbranched alkanes of at least 4 members (excludes halogenated alkanes) is 17. The zero-order valence-corrected chi connectivity index (χ0v) is 43.8. The summed E-state index contributed by atoms with van der Waals surface area (Å²) in [7, 11) is 0. The van der Waals surface area contributed by atoms with E-state index >= 15 is 0 Å². The van der Waals surface area contributed by atoms with Crippen molar-refractivity contribution in [1.29, 1.82) is 0 Å². The number of rotatable bonds is 46. The van der Waals surface area contributed by atoms with Gasteiger partial charge in [0, 0.05) is 19.3 Å². The average molecular weight is 949 g/mol. The van der Waals surface area contributed by atoms with Gasteiger partial charge in [-0.1, -0.05) is 243 Å². The highest BCUT2D eigenvalue weighted by atomic mass is 16.6. The molecule has 0 bridgehead atoms. The van der Waals surface area contributed by atoms with Gasteiger partial charge in [-0.2, -0.15) is 0 Å². The summed E-state index contributed by atoms with van der Waals surface area (Å²) < 4.78 is 16.8. The van der Waals surface area contributed by atoms with Gasteiger partial charge >= 0.3 is 17.9 Å². The topological polar surface area (TPSA) is 78.9 Å². The van der Waals surface area contributed by atoms with E-state index in [2.05, 4.69) is 118 Å². The first-order valence-corrected chi connectivity index (χ1v) is 27.1. The lowest BCUT2D eigenvalue weighted by molar-refractivity contribution is -0.167. The second-order valence-electron chi connectivity index (χ2n) is 17.3. The van der Waals surface area contributed by atoms with Gasteiger partial charge in [0.15, 0.2) is 6.10 Å². The van der Waals surface area contributed by atoms with Crippen molar-refractivity contribution in [3.05, 3.63) is 158 Å². The van der Waals surface area contributed by atoms with E-state index in [9.17, 15) is 14.4 Å². The molecule has 1 atom stereocenters. The molecule has 0 rings (SSSR count). The molecule has 0 heterocycles. The van der Waals surface area contributed by atoms with Crippen molar-refractivity contribution in [2.75, 3.05) is 13.2 Å². The minimum absolute atomic E-state index is 0.119. The number of carbonyl (C=O) groups excluding carboxylic acids is 3. The second kappa shape index (κ2) is 55.6. The molecule has 0 saturated carbocycles. The first kappa shape index (κ1) is 64.0. The Balaban J connectivity index is 4.60. The maximum Gasteiger partial charge on any atom is 0.306 e. The Morgan fingerprint density at radius 2 is 0.638 bits per heavy atom. The molecule has 0 aliphatic heterocycles. The predicted octanol–water partition coefficient (Wildman–Crippen LogP) is 18.2. The predicted molar refractivity (Wildman–Crippen MR) is 297 cm³/mol. The third-order valence-electron chi connectivity index (χ3n) is 10.8. The Kier molecular flexibility index (Phi) is 51.6. The fraction of sp³-hybridized carbons (Fsp3) is 0.540. The Bertz CT molecular complexity index is 1610. The van der Waals surface area contributed by atoms with Crippen LogP contribution < -0.4 is 0 Å². The number of hydrogen-bond donors (Lipinski definition) is 0. The molecule has 0 radical (unpaired) electrons. The van der Waals surface area contributed by atoms with E-state index in [1.54, 1.807) is 0 Å². The quantitative estimate of drug-likeness (QED) is 0.0199.